The Labute approximate surface area is 265 Å². The predicted octanol–water partition coefficient (Wildman–Crippen LogP) is 7.06. The number of rotatable bonds is 11. The number of sulfonamides is 1. The minimum absolute atomic E-state index is 0.00844. The van der Waals surface area contributed by atoms with Crippen molar-refractivity contribution < 1.29 is 18.0 Å². The molecule has 1 unspecified atom stereocenters. The van der Waals surface area contributed by atoms with E-state index < -0.39 is 28.5 Å². The summed E-state index contributed by atoms with van der Waals surface area (Å²) in [6, 6.07) is 17.8. The van der Waals surface area contributed by atoms with Gasteiger partial charge in [-0.05, 0) is 69.0 Å². The van der Waals surface area contributed by atoms with Crippen LogP contribution in [0.2, 0.25) is 10.0 Å². The number of hydrogen-bond acceptors (Lipinski definition) is 4. The molecule has 7 nitrogen and oxygen atoms in total. The normalized spacial score (nSPS) is 14.6. The van der Waals surface area contributed by atoms with Crippen LogP contribution in [0, 0.1) is 13.8 Å². The first kappa shape index (κ1) is 32.8. The molecule has 1 aliphatic rings. The van der Waals surface area contributed by atoms with E-state index in [-0.39, 0.29) is 39.1 Å². The Hall–Kier alpha value is -3.07. The van der Waals surface area contributed by atoms with Gasteiger partial charge in [0.1, 0.15) is 12.6 Å². The van der Waals surface area contributed by atoms with E-state index in [9.17, 15) is 18.0 Å². The van der Waals surface area contributed by atoms with Crippen molar-refractivity contribution in [2.24, 2.45) is 0 Å². The van der Waals surface area contributed by atoms with Crippen LogP contribution in [0.25, 0.3) is 0 Å². The van der Waals surface area contributed by atoms with E-state index >= 15 is 0 Å². The van der Waals surface area contributed by atoms with Crippen LogP contribution in [-0.4, -0.2) is 43.8 Å². The minimum atomic E-state index is -4.25. The van der Waals surface area contributed by atoms with Gasteiger partial charge in [0.25, 0.3) is 10.0 Å². The van der Waals surface area contributed by atoms with Crippen molar-refractivity contribution >= 4 is 50.7 Å². The van der Waals surface area contributed by atoms with Crippen molar-refractivity contribution in [3.8, 4) is 0 Å². The Morgan fingerprint density at radius 1 is 0.907 bits per heavy atom. The summed E-state index contributed by atoms with van der Waals surface area (Å²) in [5.74, 6) is -0.762. The average Bonchev–Trinajstić information content (AvgIpc) is 2.98. The van der Waals surface area contributed by atoms with Gasteiger partial charge in [-0.2, -0.15) is 0 Å². The zero-order valence-corrected chi connectivity index (χ0v) is 27.2. The highest BCUT2D eigenvalue weighted by atomic mass is 35.5. The lowest BCUT2D eigenvalue weighted by molar-refractivity contribution is -0.140. The molecule has 3 aromatic rings. The first-order valence-corrected chi connectivity index (χ1v) is 16.9. The highest BCUT2D eigenvalue weighted by molar-refractivity contribution is 7.92. The molecular formula is C33H39Cl2N3O4S. The standard InChI is InChI=1S/C33H39Cl2N3O4S/c1-4-30(33(40)36-27-8-6-5-7-9-27)37(21-25-14-10-23(2)11-15-25)32(39)22-38(31-20-26(34)16-19-29(31)35)43(41,42)28-17-12-24(3)13-18-28/h10-20,27,30H,4-9,21-22H2,1-3H3,(H,36,40). The molecule has 2 amide bonds. The summed E-state index contributed by atoms with van der Waals surface area (Å²) in [6.45, 7) is 5.25. The molecule has 1 fully saturated rings. The number of benzene rings is 3. The lowest BCUT2D eigenvalue weighted by atomic mass is 9.95. The second-order valence-corrected chi connectivity index (χ2v) is 13.9. The van der Waals surface area contributed by atoms with Crippen LogP contribution in [0.5, 0.6) is 0 Å². The molecule has 0 heterocycles. The maximum absolute atomic E-state index is 14.3. The van der Waals surface area contributed by atoms with Gasteiger partial charge in [-0.3, -0.25) is 13.9 Å². The van der Waals surface area contributed by atoms with Crippen LogP contribution in [0.15, 0.2) is 71.6 Å². The Balaban J connectivity index is 1.73. The van der Waals surface area contributed by atoms with E-state index in [1.807, 2.05) is 45.0 Å². The fraction of sp³-hybridized carbons (Fsp3) is 0.394. The summed E-state index contributed by atoms with van der Waals surface area (Å²) in [4.78, 5) is 29.4. The van der Waals surface area contributed by atoms with Gasteiger partial charge in [-0.1, -0.05) is 96.9 Å². The Kier molecular flexibility index (Phi) is 11.2. The van der Waals surface area contributed by atoms with E-state index in [4.69, 9.17) is 23.2 Å². The summed E-state index contributed by atoms with van der Waals surface area (Å²) in [7, 11) is -4.25. The van der Waals surface area contributed by atoms with Gasteiger partial charge in [0.05, 0.1) is 15.6 Å². The largest absolute Gasteiger partial charge is 0.352 e. The van der Waals surface area contributed by atoms with Gasteiger partial charge >= 0.3 is 0 Å². The number of hydrogen-bond donors (Lipinski definition) is 1. The van der Waals surface area contributed by atoms with E-state index in [1.54, 1.807) is 18.2 Å². The van der Waals surface area contributed by atoms with Crippen LogP contribution in [0.3, 0.4) is 0 Å². The molecule has 0 radical (unpaired) electrons. The number of carbonyl (C=O) groups excluding carboxylic acids is 2. The quantitative estimate of drug-likeness (QED) is 0.242. The number of nitrogens with one attached hydrogen (secondary N) is 1. The average molecular weight is 645 g/mol. The molecule has 3 aromatic carbocycles. The Morgan fingerprint density at radius 3 is 2.12 bits per heavy atom. The Morgan fingerprint density at radius 2 is 1.51 bits per heavy atom. The smallest absolute Gasteiger partial charge is 0.264 e. The minimum Gasteiger partial charge on any atom is -0.352 e. The molecule has 1 atom stereocenters. The molecule has 230 valence electrons. The SMILES string of the molecule is CCC(C(=O)NC1CCCCC1)N(Cc1ccc(C)cc1)C(=O)CN(c1cc(Cl)ccc1Cl)S(=O)(=O)c1ccc(C)cc1. The molecule has 4 rings (SSSR count). The number of nitrogens with zero attached hydrogens (tertiary/aromatic N) is 2. The van der Waals surface area contributed by atoms with Crippen LogP contribution < -0.4 is 9.62 Å². The lowest BCUT2D eigenvalue weighted by Gasteiger charge is -2.34. The third kappa shape index (κ3) is 8.31. The molecule has 1 aliphatic carbocycles. The Bertz CT molecular complexity index is 1520. The predicted molar refractivity (Wildman–Crippen MR) is 173 cm³/mol. The van der Waals surface area contributed by atoms with Crippen molar-refractivity contribution in [2.75, 3.05) is 10.8 Å². The second kappa shape index (κ2) is 14.6. The van der Waals surface area contributed by atoms with Gasteiger partial charge in [-0.15, -0.1) is 0 Å². The maximum atomic E-state index is 14.3. The number of anilines is 1. The van der Waals surface area contributed by atoms with Crippen LogP contribution in [0.4, 0.5) is 5.69 Å². The fourth-order valence-electron chi connectivity index (χ4n) is 5.38. The summed E-state index contributed by atoms with van der Waals surface area (Å²) < 4.78 is 29.1. The van der Waals surface area contributed by atoms with E-state index in [0.717, 1.165) is 53.1 Å². The third-order valence-corrected chi connectivity index (χ3v) is 10.2. The first-order valence-electron chi connectivity index (χ1n) is 14.7. The molecular weight excluding hydrogens is 605 g/mol. The highest BCUT2D eigenvalue weighted by Crippen LogP contribution is 2.33. The molecule has 10 heteroatoms. The zero-order valence-electron chi connectivity index (χ0n) is 24.9. The van der Waals surface area contributed by atoms with Crippen molar-refractivity contribution in [3.63, 3.8) is 0 Å². The highest BCUT2D eigenvalue weighted by Gasteiger charge is 2.35. The van der Waals surface area contributed by atoms with Crippen molar-refractivity contribution in [2.45, 2.75) is 82.8 Å². The van der Waals surface area contributed by atoms with Crippen molar-refractivity contribution in [3.05, 3.63) is 93.5 Å². The van der Waals surface area contributed by atoms with Gasteiger partial charge in [0.15, 0.2) is 0 Å². The van der Waals surface area contributed by atoms with E-state index in [1.165, 1.54) is 29.2 Å². The van der Waals surface area contributed by atoms with Crippen LogP contribution >= 0.6 is 23.2 Å². The molecule has 43 heavy (non-hydrogen) atoms. The maximum Gasteiger partial charge on any atom is 0.264 e. The molecule has 0 aromatic heterocycles. The van der Waals surface area contributed by atoms with Crippen molar-refractivity contribution in [1.82, 2.24) is 10.2 Å². The zero-order chi connectivity index (χ0) is 31.1. The van der Waals surface area contributed by atoms with E-state index in [0.29, 0.717) is 6.42 Å². The van der Waals surface area contributed by atoms with Crippen molar-refractivity contribution in [1.29, 1.82) is 0 Å². The summed E-state index contributed by atoms with van der Waals surface area (Å²) in [6.07, 6.45) is 5.44. The third-order valence-electron chi connectivity index (χ3n) is 7.88. The first-order chi connectivity index (χ1) is 20.5. The number of halogens is 2. The van der Waals surface area contributed by atoms with Gasteiger partial charge in [0.2, 0.25) is 11.8 Å². The fourth-order valence-corrected chi connectivity index (χ4v) is 7.24. The molecule has 0 spiro atoms. The molecule has 0 aliphatic heterocycles. The number of amides is 2. The molecule has 0 saturated heterocycles. The van der Waals surface area contributed by atoms with Crippen LogP contribution in [0.1, 0.15) is 62.1 Å². The second-order valence-electron chi connectivity index (χ2n) is 11.2. The summed E-state index contributed by atoms with van der Waals surface area (Å²) >= 11 is 12.8. The molecule has 0 bridgehead atoms. The van der Waals surface area contributed by atoms with Gasteiger partial charge < -0.3 is 10.2 Å². The number of aryl methyl sites for hydroxylation is 2. The molecule has 1 N–H and O–H groups in total. The van der Waals surface area contributed by atoms with Crippen LogP contribution in [-0.2, 0) is 26.2 Å². The number of carbonyl (C=O) groups is 2. The van der Waals surface area contributed by atoms with E-state index in [2.05, 4.69) is 5.32 Å². The summed E-state index contributed by atoms with van der Waals surface area (Å²) in [5, 5.41) is 3.55. The lowest BCUT2D eigenvalue weighted by Crippen LogP contribution is -2.54. The van der Waals surface area contributed by atoms with Gasteiger partial charge in [-0.25, -0.2) is 8.42 Å². The monoisotopic (exact) mass is 643 g/mol. The topological polar surface area (TPSA) is 86.8 Å². The summed E-state index contributed by atoms with van der Waals surface area (Å²) in [5.41, 5.74) is 2.87. The van der Waals surface area contributed by atoms with Gasteiger partial charge in [0, 0.05) is 17.6 Å². The molecule has 1 saturated carbocycles.